The highest BCUT2D eigenvalue weighted by atomic mass is 28.3. The molecule has 0 nitrogen and oxygen atoms in total. The quantitative estimate of drug-likeness (QED) is 0.486. The van der Waals surface area contributed by atoms with Gasteiger partial charge in [-0.25, -0.2) is 0 Å². The lowest BCUT2D eigenvalue weighted by Crippen LogP contribution is -2.40. The smallest absolute Gasteiger partial charge is 0.0625 e. The van der Waals surface area contributed by atoms with E-state index in [2.05, 4.69) is 41.5 Å². The molecule has 0 amide bonds. The topological polar surface area (TPSA) is 0 Å². The molecule has 0 bridgehead atoms. The van der Waals surface area contributed by atoms with Crippen molar-refractivity contribution in [2.45, 2.75) is 88.4 Å². The van der Waals surface area contributed by atoms with Gasteiger partial charge in [0.15, 0.2) is 0 Å². The summed E-state index contributed by atoms with van der Waals surface area (Å²) in [5.41, 5.74) is 2.34. The Kier molecular flexibility index (Phi) is 2.43. The van der Waals surface area contributed by atoms with Crippen LogP contribution in [0, 0.1) is 0 Å². The molecule has 0 radical (unpaired) electrons. The van der Waals surface area contributed by atoms with Crippen molar-refractivity contribution in [3.05, 3.63) is 0 Å². The van der Waals surface area contributed by atoms with E-state index in [9.17, 15) is 0 Å². The first kappa shape index (κ1) is 11.7. The third-order valence-electron chi connectivity index (χ3n) is 5.31. The molecule has 2 atom stereocenters. The maximum atomic E-state index is 2.53. The van der Waals surface area contributed by atoms with E-state index in [1.54, 1.807) is 12.8 Å². The van der Waals surface area contributed by atoms with Crippen LogP contribution in [0.1, 0.15) is 67.2 Å². The highest BCUT2D eigenvalue weighted by molar-refractivity contribution is 6.97. The summed E-state index contributed by atoms with van der Waals surface area (Å²) in [4.78, 5) is 0. The average molecular weight is 224 g/mol. The molecule has 2 fully saturated rings. The number of hydrogen-bond acceptors (Lipinski definition) is 0. The Morgan fingerprint density at radius 1 is 0.733 bits per heavy atom. The summed E-state index contributed by atoms with van der Waals surface area (Å²) in [6, 6.07) is 0. The fourth-order valence-corrected chi connectivity index (χ4v) is 15.4. The Balaban J connectivity index is 2.36. The third-order valence-corrected chi connectivity index (χ3v) is 13.6. The van der Waals surface area contributed by atoms with Gasteiger partial charge in [-0.15, -0.1) is 0 Å². The molecule has 0 aromatic carbocycles. The first-order valence-corrected chi connectivity index (χ1v) is 8.88. The number of rotatable bonds is 0. The summed E-state index contributed by atoms with van der Waals surface area (Å²) in [6.45, 7) is 15.2. The number of fused-ring (bicyclic) bond motifs is 1. The summed E-state index contributed by atoms with van der Waals surface area (Å²) in [5.74, 6) is 0. The lowest BCUT2D eigenvalue weighted by atomic mass is 10.0. The predicted molar refractivity (Wildman–Crippen MR) is 71.2 cm³/mol. The maximum Gasteiger partial charge on any atom is 0.0705 e. The largest absolute Gasteiger partial charge is 0.0705 e. The first-order chi connectivity index (χ1) is 6.73. The molecule has 0 aromatic heterocycles. The van der Waals surface area contributed by atoms with Gasteiger partial charge < -0.3 is 0 Å². The molecule has 1 heterocycles. The lowest BCUT2D eigenvalue weighted by Gasteiger charge is -2.42. The highest BCUT2D eigenvalue weighted by Gasteiger charge is 2.75. The zero-order valence-corrected chi connectivity index (χ0v) is 12.5. The SMILES string of the molecule is CC(C)(C)[Si]1(C(C)(C)C)C2CCCCC21. The Hall–Kier alpha value is 0.217. The number of hydrogen-bond donors (Lipinski definition) is 0. The van der Waals surface area contributed by atoms with E-state index in [-0.39, 0.29) is 0 Å². The summed E-state index contributed by atoms with van der Waals surface area (Å²) >= 11 is 0. The van der Waals surface area contributed by atoms with Gasteiger partial charge in [-0.1, -0.05) is 67.2 Å². The summed E-state index contributed by atoms with van der Waals surface area (Å²) in [5, 5.41) is 1.23. The highest BCUT2D eigenvalue weighted by Crippen LogP contribution is 2.81. The molecule has 1 saturated heterocycles. The van der Waals surface area contributed by atoms with E-state index in [1.807, 2.05) is 0 Å². The van der Waals surface area contributed by atoms with Crippen molar-refractivity contribution >= 4 is 8.07 Å². The Bertz CT molecular complexity index is 225. The van der Waals surface area contributed by atoms with Crippen molar-refractivity contribution in [2.75, 3.05) is 0 Å². The zero-order valence-electron chi connectivity index (χ0n) is 11.5. The molecule has 1 aliphatic carbocycles. The fourth-order valence-electron chi connectivity index (χ4n) is 5.47. The molecule has 2 rings (SSSR count). The van der Waals surface area contributed by atoms with Crippen molar-refractivity contribution < 1.29 is 0 Å². The van der Waals surface area contributed by atoms with E-state index in [1.165, 1.54) is 23.9 Å². The van der Waals surface area contributed by atoms with Crippen LogP contribution in [0.15, 0.2) is 0 Å². The van der Waals surface area contributed by atoms with Gasteiger partial charge in [-0.2, -0.15) is 0 Å². The molecule has 88 valence electrons. The second-order valence-corrected chi connectivity index (χ2v) is 14.1. The van der Waals surface area contributed by atoms with Crippen LogP contribution in [0.5, 0.6) is 0 Å². The van der Waals surface area contributed by atoms with E-state index in [4.69, 9.17) is 0 Å². The molecule has 2 unspecified atom stereocenters. The van der Waals surface area contributed by atoms with Gasteiger partial charge in [-0.05, 0) is 21.2 Å². The molecule has 1 saturated carbocycles. The average Bonchev–Trinajstić information content (AvgIpc) is 2.70. The normalized spacial score (nSPS) is 34.8. The second-order valence-electron chi connectivity index (χ2n) is 7.87. The van der Waals surface area contributed by atoms with Gasteiger partial charge >= 0.3 is 0 Å². The molecule has 0 N–H and O–H groups in total. The van der Waals surface area contributed by atoms with Crippen LogP contribution in [-0.2, 0) is 0 Å². The van der Waals surface area contributed by atoms with Crippen LogP contribution in [0.4, 0.5) is 0 Å². The molecule has 1 heteroatoms. The first-order valence-electron chi connectivity index (χ1n) is 6.73. The Labute approximate surface area is 96.9 Å². The predicted octanol–water partition coefficient (Wildman–Crippen LogP) is 5.36. The summed E-state index contributed by atoms with van der Waals surface area (Å²) < 4.78 is 0. The fraction of sp³-hybridized carbons (Fsp3) is 1.00. The lowest BCUT2D eigenvalue weighted by molar-refractivity contribution is 0.561. The van der Waals surface area contributed by atoms with Crippen LogP contribution in [0.2, 0.25) is 21.2 Å². The van der Waals surface area contributed by atoms with Crippen molar-refractivity contribution in [3.63, 3.8) is 0 Å². The van der Waals surface area contributed by atoms with Gasteiger partial charge in [0, 0.05) is 0 Å². The molecule has 0 aromatic rings. The molecule has 2 aliphatic rings. The van der Waals surface area contributed by atoms with Crippen LogP contribution in [0.25, 0.3) is 0 Å². The minimum absolute atomic E-state index is 0.616. The molecule has 0 spiro atoms. The third kappa shape index (κ3) is 1.38. The Morgan fingerprint density at radius 3 is 1.33 bits per heavy atom. The van der Waals surface area contributed by atoms with Gasteiger partial charge in [-0.3, -0.25) is 0 Å². The van der Waals surface area contributed by atoms with E-state index >= 15 is 0 Å². The van der Waals surface area contributed by atoms with Gasteiger partial charge in [0.05, 0.1) is 8.07 Å². The Morgan fingerprint density at radius 2 is 1.07 bits per heavy atom. The minimum atomic E-state index is -1.05. The molecular formula is C14H28Si. The monoisotopic (exact) mass is 224 g/mol. The standard InChI is InChI=1S/C14H28Si/c1-13(2,3)15(14(4,5)6)11-9-7-8-10-12(11)15/h11-12H,7-10H2,1-6H3. The minimum Gasteiger partial charge on any atom is -0.0625 e. The van der Waals surface area contributed by atoms with Gasteiger partial charge in [0.1, 0.15) is 0 Å². The van der Waals surface area contributed by atoms with Crippen molar-refractivity contribution in [3.8, 4) is 0 Å². The zero-order chi connectivity index (χ0) is 11.5. The van der Waals surface area contributed by atoms with Gasteiger partial charge in [0.2, 0.25) is 0 Å². The van der Waals surface area contributed by atoms with Crippen LogP contribution >= 0.6 is 0 Å². The molecular weight excluding hydrogens is 196 g/mol. The van der Waals surface area contributed by atoms with Crippen LogP contribution < -0.4 is 0 Å². The summed E-state index contributed by atoms with van der Waals surface area (Å²) in [7, 11) is -1.05. The maximum absolute atomic E-state index is 2.53. The summed E-state index contributed by atoms with van der Waals surface area (Å²) in [6.07, 6.45) is 6.15. The van der Waals surface area contributed by atoms with E-state index in [0.29, 0.717) is 10.1 Å². The van der Waals surface area contributed by atoms with Crippen molar-refractivity contribution in [1.29, 1.82) is 0 Å². The van der Waals surface area contributed by atoms with Gasteiger partial charge in [0.25, 0.3) is 0 Å². The van der Waals surface area contributed by atoms with Crippen LogP contribution in [-0.4, -0.2) is 8.07 Å². The van der Waals surface area contributed by atoms with E-state index < -0.39 is 8.07 Å². The molecule has 15 heavy (non-hydrogen) atoms. The second kappa shape index (κ2) is 3.12. The van der Waals surface area contributed by atoms with Crippen LogP contribution in [0.3, 0.4) is 0 Å². The van der Waals surface area contributed by atoms with Crippen molar-refractivity contribution in [2.24, 2.45) is 0 Å². The molecule has 1 aliphatic heterocycles. The van der Waals surface area contributed by atoms with E-state index in [0.717, 1.165) is 0 Å². The van der Waals surface area contributed by atoms with Crippen molar-refractivity contribution in [1.82, 2.24) is 0 Å².